The summed E-state index contributed by atoms with van der Waals surface area (Å²) >= 11 is 2.71. The van der Waals surface area contributed by atoms with Crippen LogP contribution in [0.5, 0.6) is 5.75 Å². The van der Waals surface area contributed by atoms with E-state index >= 15 is 0 Å². The van der Waals surface area contributed by atoms with Crippen molar-refractivity contribution in [3.8, 4) is 5.75 Å². The summed E-state index contributed by atoms with van der Waals surface area (Å²) in [6.45, 7) is 1.86. The summed E-state index contributed by atoms with van der Waals surface area (Å²) in [5.74, 6) is 0.598. The molecule has 0 atom stereocenters. The Morgan fingerprint density at radius 1 is 1.30 bits per heavy atom. The largest absolute Gasteiger partial charge is 0.497 e. The molecular weight excluding hydrogens is 332 g/mol. The second-order valence-electron chi connectivity index (χ2n) is 4.73. The van der Waals surface area contributed by atoms with Crippen LogP contribution in [0.15, 0.2) is 30.5 Å². The van der Waals surface area contributed by atoms with Crippen molar-refractivity contribution in [3.63, 3.8) is 0 Å². The van der Waals surface area contributed by atoms with Gasteiger partial charge in [-0.05, 0) is 24.6 Å². The highest BCUT2D eigenvalue weighted by Crippen LogP contribution is 2.22. The van der Waals surface area contributed by atoms with Crippen molar-refractivity contribution in [2.75, 3.05) is 12.4 Å². The molecule has 0 fully saturated rings. The number of hydrogen-bond donors (Lipinski definition) is 1. The molecule has 1 N–H and O–H groups in total. The van der Waals surface area contributed by atoms with Gasteiger partial charge in [-0.25, -0.2) is 4.98 Å². The van der Waals surface area contributed by atoms with Gasteiger partial charge in [0.1, 0.15) is 15.6 Å². The lowest BCUT2D eigenvalue weighted by Gasteiger charge is -2.01. The zero-order valence-electron chi connectivity index (χ0n) is 12.6. The smallest absolute Gasteiger partial charge is 0.269 e. The molecule has 0 aliphatic carbocycles. The first-order valence-electron chi connectivity index (χ1n) is 6.83. The number of aryl methyl sites for hydroxylation is 1. The summed E-state index contributed by atoms with van der Waals surface area (Å²) in [6.07, 6.45) is 2.21. The average Bonchev–Trinajstić information content (AvgIpc) is 3.16. The molecule has 0 unspecified atom stereocenters. The van der Waals surface area contributed by atoms with Crippen LogP contribution in [0.25, 0.3) is 0 Å². The molecule has 2 heterocycles. The number of carbonyl (C=O) groups excluding carboxylic acids is 1. The molecule has 0 bridgehead atoms. The Morgan fingerprint density at radius 3 is 2.91 bits per heavy atom. The number of thiazole rings is 1. The van der Waals surface area contributed by atoms with Gasteiger partial charge in [0.25, 0.3) is 5.91 Å². The van der Waals surface area contributed by atoms with E-state index in [1.54, 1.807) is 13.3 Å². The van der Waals surface area contributed by atoms with Gasteiger partial charge in [0, 0.05) is 6.42 Å². The van der Waals surface area contributed by atoms with Gasteiger partial charge >= 0.3 is 0 Å². The lowest BCUT2D eigenvalue weighted by atomic mass is 10.1. The molecule has 0 aliphatic heterocycles. The van der Waals surface area contributed by atoms with Crippen molar-refractivity contribution in [1.82, 2.24) is 15.2 Å². The van der Waals surface area contributed by atoms with Crippen LogP contribution in [0.3, 0.4) is 0 Å². The van der Waals surface area contributed by atoms with Crippen LogP contribution in [-0.2, 0) is 6.42 Å². The number of amides is 1. The highest BCUT2D eigenvalue weighted by atomic mass is 32.1. The average molecular weight is 346 g/mol. The van der Waals surface area contributed by atoms with Crippen molar-refractivity contribution in [1.29, 1.82) is 0 Å². The number of hydrogen-bond acceptors (Lipinski definition) is 7. The maximum absolute atomic E-state index is 12.1. The number of ether oxygens (including phenoxy) is 1. The highest BCUT2D eigenvalue weighted by Gasteiger charge is 2.13. The van der Waals surface area contributed by atoms with Crippen LogP contribution in [-0.4, -0.2) is 28.2 Å². The van der Waals surface area contributed by atoms with Gasteiger partial charge in [-0.1, -0.05) is 23.5 Å². The molecule has 3 rings (SSSR count). The minimum absolute atomic E-state index is 0.209. The van der Waals surface area contributed by atoms with Crippen molar-refractivity contribution in [3.05, 3.63) is 50.9 Å². The van der Waals surface area contributed by atoms with E-state index in [1.807, 2.05) is 31.2 Å². The molecule has 8 heteroatoms. The van der Waals surface area contributed by atoms with Crippen LogP contribution in [0, 0.1) is 6.92 Å². The van der Waals surface area contributed by atoms with Crippen LogP contribution in [0.2, 0.25) is 0 Å². The first-order chi connectivity index (χ1) is 11.1. The molecule has 2 aromatic heterocycles. The summed E-state index contributed by atoms with van der Waals surface area (Å²) in [6, 6.07) is 7.79. The summed E-state index contributed by atoms with van der Waals surface area (Å²) in [5, 5.41) is 13.1. The first-order valence-corrected chi connectivity index (χ1v) is 8.46. The number of methoxy groups -OCH3 is 1. The Hall–Kier alpha value is -2.32. The third kappa shape index (κ3) is 3.91. The normalized spacial score (nSPS) is 10.5. The molecule has 1 aromatic carbocycles. The number of benzene rings is 1. The molecule has 0 aliphatic rings. The van der Waals surface area contributed by atoms with E-state index in [9.17, 15) is 4.79 Å². The Labute approximate surface area is 141 Å². The number of anilines is 1. The van der Waals surface area contributed by atoms with E-state index in [0.29, 0.717) is 16.4 Å². The molecule has 1 amide bonds. The van der Waals surface area contributed by atoms with Gasteiger partial charge in [-0.3, -0.25) is 10.1 Å². The first kappa shape index (κ1) is 15.6. The number of rotatable bonds is 5. The summed E-state index contributed by atoms with van der Waals surface area (Å²) in [5.41, 5.74) is 1.08. The van der Waals surface area contributed by atoms with Gasteiger partial charge in [-0.2, -0.15) is 0 Å². The summed E-state index contributed by atoms with van der Waals surface area (Å²) < 4.78 is 5.21. The van der Waals surface area contributed by atoms with Gasteiger partial charge in [0.05, 0.1) is 18.3 Å². The topological polar surface area (TPSA) is 77.0 Å². The Balaban J connectivity index is 1.67. The number of nitrogens with zero attached hydrogens (tertiary/aromatic N) is 3. The lowest BCUT2D eigenvalue weighted by Crippen LogP contribution is -2.09. The summed E-state index contributed by atoms with van der Waals surface area (Å²) in [7, 11) is 1.64. The van der Waals surface area contributed by atoms with E-state index in [1.165, 1.54) is 22.7 Å². The van der Waals surface area contributed by atoms with Crippen LogP contribution >= 0.6 is 22.7 Å². The second kappa shape index (κ2) is 6.84. The lowest BCUT2D eigenvalue weighted by molar-refractivity contribution is 0.103. The Kier molecular flexibility index (Phi) is 4.63. The fraction of sp³-hybridized carbons (Fsp3) is 0.200. The quantitative estimate of drug-likeness (QED) is 0.768. The van der Waals surface area contributed by atoms with Crippen LogP contribution in [0.1, 0.15) is 25.3 Å². The van der Waals surface area contributed by atoms with E-state index in [4.69, 9.17) is 4.74 Å². The van der Waals surface area contributed by atoms with Crippen molar-refractivity contribution >= 4 is 33.7 Å². The molecule has 6 nitrogen and oxygen atoms in total. The van der Waals surface area contributed by atoms with Crippen molar-refractivity contribution < 1.29 is 9.53 Å². The SMILES string of the molecule is COc1cccc(Cc2nnc(NC(=O)c3cnc(C)s3)s2)c1. The van der Waals surface area contributed by atoms with Crippen LogP contribution in [0.4, 0.5) is 5.13 Å². The van der Waals surface area contributed by atoms with Crippen molar-refractivity contribution in [2.45, 2.75) is 13.3 Å². The fourth-order valence-electron chi connectivity index (χ4n) is 1.96. The molecule has 0 spiro atoms. The zero-order valence-corrected chi connectivity index (χ0v) is 14.2. The third-order valence-corrected chi connectivity index (χ3v) is 4.77. The monoisotopic (exact) mass is 346 g/mol. The zero-order chi connectivity index (χ0) is 16.2. The highest BCUT2D eigenvalue weighted by molar-refractivity contribution is 7.16. The predicted molar refractivity (Wildman–Crippen MR) is 90.5 cm³/mol. The maximum atomic E-state index is 12.1. The Bertz CT molecular complexity index is 828. The Morgan fingerprint density at radius 2 is 2.17 bits per heavy atom. The standard InChI is InChI=1S/C15H14N4O2S2/c1-9-16-8-12(22-9)14(20)17-15-19-18-13(23-15)7-10-4-3-5-11(6-10)21-2/h3-6,8H,7H2,1-2H3,(H,17,19,20). The molecule has 3 aromatic rings. The minimum atomic E-state index is -0.209. The number of aromatic nitrogens is 3. The number of nitrogens with one attached hydrogen (secondary N) is 1. The molecule has 0 saturated heterocycles. The van der Waals surface area contributed by atoms with Crippen LogP contribution < -0.4 is 10.1 Å². The van der Waals surface area contributed by atoms with E-state index in [0.717, 1.165) is 21.3 Å². The van der Waals surface area contributed by atoms with Gasteiger partial charge in [0.2, 0.25) is 5.13 Å². The van der Waals surface area contributed by atoms with Gasteiger partial charge in [-0.15, -0.1) is 21.5 Å². The van der Waals surface area contributed by atoms with Crippen molar-refractivity contribution in [2.24, 2.45) is 0 Å². The molecule has 118 valence electrons. The van der Waals surface area contributed by atoms with Gasteiger partial charge < -0.3 is 4.74 Å². The molecular formula is C15H14N4O2S2. The second-order valence-corrected chi connectivity index (χ2v) is 7.02. The van der Waals surface area contributed by atoms with E-state index in [-0.39, 0.29) is 5.91 Å². The molecule has 0 radical (unpaired) electrons. The summed E-state index contributed by atoms with van der Waals surface area (Å²) in [4.78, 5) is 16.7. The van der Waals surface area contributed by atoms with E-state index in [2.05, 4.69) is 20.5 Å². The molecule has 0 saturated carbocycles. The van der Waals surface area contributed by atoms with Gasteiger partial charge in [0.15, 0.2) is 0 Å². The minimum Gasteiger partial charge on any atom is -0.497 e. The predicted octanol–water partition coefficient (Wildman–Crippen LogP) is 3.15. The maximum Gasteiger partial charge on any atom is 0.269 e. The fourth-order valence-corrected chi connectivity index (χ4v) is 3.40. The van der Waals surface area contributed by atoms with E-state index < -0.39 is 0 Å². The molecule has 23 heavy (non-hydrogen) atoms. The number of carbonyl (C=O) groups is 1. The third-order valence-electron chi connectivity index (χ3n) is 3.02.